The summed E-state index contributed by atoms with van der Waals surface area (Å²) < 4.78 is 10.6. The van der Waals surface area contributed by atoms with Gasteiger partial charge in [0.2, 0.25) is 5.82 Å². The summed E-state index contributed by atoms with van der Waals surface area (Å²) in [6.45, 7) is 3.70. The molecule has 5 heteroatoms. The Hall–Kier alpha value is -2.40. The number of fused-ring (bicyclic) bond motifs is 1. The lowest BCUT2D eigenvalue weighted by Gasteiger charge is -1.99. The zero-order valence-corrected chi connectivity index (χ0v) is 11.0. The van der Waals surface area contributed by atoms with E-state index in [1.54, 1.807) is 6.26 Å². The molecule has 1 aliphatic heterocycles. The molecule has 4 rings (SSSR count). The summed E-state index contributed by atoms with van der Waals surface area (Å²) in [6, 6.07) is 8.08. The van der Waals surface area contributed by atoms with Crippen molar-refractivity contribution in [1.29, 1.82) is 0 Å². The highest BCUT2D eigenvalue weighted by Gasteiger charge is 2.16. The molecular formula is C15H13N3O2. The van der Waals surface area contributed by atoms with E-state index in [4.69, 9.17) is 8.94 Å². The molecule has 2 aromatic heterocycles. The van der Waals surface area contributed by atoms with Gasteiger partial charge in [0.05, 0.1) is 11.8 Å². The van der Waals surface area contributed by atoms with E-state index in [2.05, 4.69) is 27.6 Å². The average Bonchev–Trinajstić information content (AvgIpc) is 3.17. The minimum absolute atomic E-state index is 0.537. The van der Waals surface area contributed by atoms with Crippen molar-refractivity contribution in [1.82, 2.24) is 15.5 Å². The Labute approximate surface area is 115 Å². The first-order chi connectivity index (χ1) is 9.81. The summed E-state index contributed by atoms with van der Waals surface area (Å²) >= 11 is 0. The van der Waals surface area contributed by atoms with E-state index in [1.807, 2.05) is 19.1 Å². The van der Waals surface area contributed by atoms with Gasteiger partial charge in [-0.2, -0.15) is 4.98 Å². The molecule has 0 fully saturated rings. The number of hydrogen-bond donors (Lipinski definition) is 1. The van der Waals surface area contributed by atoms with Crippen LogP contribution in [0.15, 0.2) is 39.5 Å². The molecule has 1 aromatic carbocycles. The fourth-order valence-corrected chi connectivity index (χ4v) is 2.49. The van der Waals surface area contributed by atoms with Crippen molar-refractivity contribution in [2.24, 2.45) is 0 Å². The number of furan rings is 1. The Bertz CT molecular complexity index is 773. The molecule has 3 aromatic rings. The summed E-state index contributed by atoms with van der Waals surface area (Å²) in [6.07, 6.45) is 1.63. The zero-order chi connectivity index (χ0) is 13.5. The predicted octanol–water partition coefficient (Wildman–Crippen LogP) is 2.91. The maximum Gasteiger partial charge on any atom is 0.258 e. The molecule has 3 heterocycles. The largest absolute Gasteiger partial charge is 0.469 e. The van der Waals surface area contributed by atoms with E-state index in [0.717, 1.165) is 30.0 Å². The van der Waals surface area contributed by atoms with E-state index < -0.39 is 0 Å². The average molecular weight is 267 g/mol. The molecule has 0 saturated heterocycles. The van der Waals surface area contributed by atoms with Crippen molar-refractivity contribution in [2.45, 2.75) is 20.0 Å². The van der Waals surface area contributed by atoms with Crippen molar-refractivity contribution < 1.29 is 8.94 Å². The highest BCUT2D eigenvalue weighted by Crippen LogP contribution is 2.27. The molecule has 0 unspecified atom stereocenters. The molecule has 20 heavy (non-hydrogen) atoms. The van der Waals surface area contributed by atoms with Gasteiger partial charge in [0.1, 0.15) is 5.76 Å². The number of rotatable bonds is 2. The molecule has 0 radical (unpaired) electrons. The Morgan fingerprint density at radius 2 is 2.05 bits per heavy atom. The summed E-state index contributed by atoms with van der Waals surface area (Å²) in [5.74, 6) is 1.88. The fraction of sp³-hybridized carbons (Fsp3) is 0.200. The fourth-order valence-electron chi connectivity index (χ4n) is 2.49. The van der Waals surface area contributed by atoms with Crippen LogP contribution < -0.4 is 5.32 Å². The zero-order valence-electron chi connectivity index (χ0n) is 11.0. The third kappa shape index (κ3) is 1.75. The third-order valence-corrected chi connectivity index (χ3v) is 3.61. The Balaban J connectivity index is 1.73. The van der Waals surface area contributed by atoms with Crippen LogP contribution in [-0.2, 0) is 13.1 Å². The van der Waals surface area contributed by atoms with E-state index in [0.29, 0.717) is 11.7 Å². The van der Waals surface area contributed by atoms with Crippen LogP contribution in [0.4, 0.5) is 0 Å². The second-order valence-corrected chi connectivity index (χ2v) is 4.90. The second-order valence-electron chi connectivity index (χ2n) is 4.90. The van der Waals surface area contributed by atoms with E-state index >= 15 is 0 Å². The Morgan fingerprint density at radius 3 is 2.90 bits per heavy atom. The van der Waals surface area contributed by atoms with Crippen molar-refractivity contribution in [3.8, 4) is 22.8 Å². The van der Waals surface area contributed by atoms with Gasteiger partial charge >= 0.3 is 0 Å². The van der Waals surface area contributed by atoms with Crippen LogP contribution in [0.25, 0.3) is 22.8 Å². The summed E-state index contributed by atoms with van der Waals surface area (Å²) in [5.41, 5.74) is 4.44. The minimum atomic E-state index is 0.537. The first-order valence-corrected chi connectivity index (χ1v) is 6.52. The van der Waals surface area contributed by atoms with Crippen LogP contribution in [0.5, 0.6) is 0 Å². The van der Waals surface area contributed by atoms with E-state index in [9.17, 15) is 0 Å². The van der Waals surface area contributed by atoms with Gasteiger partial charge in [-0.25, -0.2) is 0 Å². The summed E-state index contributed by atoms with van der Waals surface area (Å²) in [5, 5.41) is 7.35. The minimum Gasteiger partial charge on any atom is -0.469 e. The van der Waals surface area contributed by atoms with Crippen molar-refractivity contribution in [3.63, 3.8) is 0 Å². The Morgan fingerprint density at radius 1 is 1.15 bits per heavy atom. The molecule has 0 saturated carbocycles. The maximum atomic E-state index is 5.37. The molecular weight excluding hydrogens is 254 g/mol. The molecule has 0 spiro atoms. The summed E-state index contributed by atoms with van der Waals surface area (Å²) in [7, 11) is 0. The SMILES string of the molecule is Cc1occc1-c1noc(-c2ccc3c(c2)CNC3)n1. The van der Waals surface area contributed by atoms with Gasteiger partial charge in [0.15, 0.2) is 0 Å². The van der Waals surface area contributed by atoms with Crippen LogP contribution >= 0.6 is 0 Å². The normalized spacial score (nSPS) is 13.7. The van der Waals surface area contributed by atoms with Crippen LogP contribution in [0.3, 0.4) is 0 Å². The van der Waals surface area contributed by atoms with Gasteiger partial charge in [0, 0.05) is 18.7 Å². The lowest BCUT2D eigenvalue weighted by molar-refractivity contribution is 0.432. The predicted molar refractivity (Wildman–Crippen MR) is 72.7 cm³/mol. The number of benzene rings is 1. The highest BCUT2D eigenvalue weighted by atomic mass is 16.5. The molecule has 0 aliphatic carbocycles. The van der Waals surface area contributed by atoms with Gasteiger partial charge in [-0.3, -0.25) is 0 Å². The lowest BCUT2D eigenvalue weighted by atomic mass is 10.1. The highest BCUT2D eigenvalue weighted by molar-refractivity contribution is 5.62. The van der Waals surface area contributed by atoms with Gasteiger partial charge < -0.3 is 14.3 Å². The van der Waals surface area contributed by atoms with Gasteiger partial charge in [-0.1, -0.05) is 11.2 Å². The van der Waals surface area contributed by atoms with Gasteiger partial charge in [-0.05, 0) is 36.2 Å². The third-order valence-electron chi connectivity index (χ3n) is 3.61. The lowest BCUT2D eigenvalue weighted by Crippen LogP contribution is -1.99. The van der Waals surface area contributed by atoms with Crippen molar-refractivity contribution >= 4 is 0 Å². The molecule has 1 N–H and O–H groups in total. The molecule has 1 aliphatic rings. The first kappa shape index (κ1) is 11.4. The number of aryl methyl sites for hydroxylation is 1. The molecule has 0 amide bonds. The molecule has 0 atom stereocenters. The molecule has 0 bridgehead atoms. The smallest absolute Gasteiger partial charge is 0.258 e. The number of aromatic nitrogens is 2. The van der Waals surface area contributed by atoms with E-state index in [-0.39, 0.29) is 0 Å². The van der Waals surface area contributed by atoms with Gasteiger partial charge in [0.25, 0.3) is 5.89 Å². The number of hydrogen-bond acceptors (Lipinski definition) is 5. The van der Waals surface area contributed by atoms with Crippen molar-refractivity contribution in [2.75, 3.05) is 0 Å². The summed E-state index contributed by atoms with van der Waals surface area (Å²) in [4.78, 5) is 4.45. The topological polar surface area (TPSA) is 64.1 Å². The number of nitrogens with one attached hydrogen (secondary N) is 1. The maximum absolute atomic E-state index is 5.37. The van der Waals surface area contributed by atoms with Crippen molar-refractivity contribution in [3.05, 3.63) is 47.4 Å². The Kier molecular flexibility index (Phi) is 2.47. The van der Waals surface area contributed by atoms with Crippen LogP contribution in [0, 0.1) is 6.92 Å². The second kappa shape index (κ2) is 4.31. The number of nitrogens with zero attached hydrogens (tertiary/aromatic N) is 2. The molecule has 5 nitrogen and oxygen atoms in total. The van der Waals surface area contributed by atoms with E-state index in [1.165, 1.54) is 11.1 Å². The van der Waals surface area contributed by atoms with Crippen LogP contribution in [-0.4, -0.2) is 10.1 Å². The monoisotopic (exact) mass is 267 g/mol. The van der Waals surface area contributed by atoms with Crippen LogP contribution in [0.1, 0.15) is 16.9 Å². The van der Waals surface area contributed by atoms with Crippen LogP contribution in [0.2, 0.25) is 0 Å². The molecule has 100 valence electrons. The first-order valence-electron chi connectivity index (χ1n) is 6.52. The standard InChI is InChI=1S/C15H13N3O2/c1-9-13(4-5-19-9)14-17-15(20-18-14)10-2-3-11-7-16-8-12(11)6-10/h2-6,16H,7-8H2,1H3. The van der Waals surface area contributed by atoms with Gasteiger partial charge in [-0.15, -0.1) is 0 Å². The quantitative estimate of drug-likeness (QED) is 0.773.